The van der Waals surface area contributed by atoms with Gasteiger partial charge in [-0.1, -0.05) is 66.1 Å². The molecule has 2 aromatic rings. The highest BCUT2D eigenvalue weighted by molar-refractivity contribution is 8.10. The summed E-state index contributed by atoms with van der Waals surface area (Å²) in [5.74, 6) is -2.06. The van der Waals surface area contributed by atoms with Gasteiger partial charge in [-0.3, -0.25) is 4.79 Å². The summed E-state index contributed by atoms with van der Waals surface area (Å²) < 4.78 is 39.0. The Morgan fingerprint density at radius 2 is 1.59 bits per heavy atom. The molecule has 0 N–H and O–H groups in total. The van der Waals surface area contributed by atoms with Gasteiger partial charge in [0.25, 0.3) is 15.8 Å². The van der Waals surface area contributed by atoms with E-state index in [9.17, 15) is 13.2 Å². The molecule has 0 amide bonds. The van der Waals surface area contributed by atoms with Crippen molar-refractivity contribution >= 4 is 64.2 Å². The SMILES string of the molecule is CCOC1(OCC)C(=O)S(=O)(=O)N(Cc2cccc3ccccc23)C1(P=S)P=S. The summed E-state index contributed by atoms with van der Waals surface area (Å²) in [5.41, 5.74) is 0.741. The van der Waals surface area contributed by atoms with E-state index < -0.39 is 25.9 Å². The minimum Gasteiger partial charge on any atom is -0.340 e. The first kappa shape index (κ1) is 22.9. The van der Waals surface area contributed by atoms with Crippen LogP contribution in [0.25, 0.3) is 10.8 Å². The molecule has 0 aliphatic carbocycles. The largest absolute Gasteiger partial charge is 0.340 e. The number of rotatable bonds is 8. The highest BCUT2D eigenvalue weighted by Gasteiger charge is 2.74. The van der Waals surface area contributed by atoms with Crippen LogP contribution < -0.4 is 0 Å². The molecule has 0 unspecified atom stereocenters. The van der Waals surface area contributed by atoms with Crippen molar-refractivity contribution in [2.45, 2.75) is 31.2 Å². The molecular formula is C18H19NO5P2S3. The molecule has 0 spiro atoms. The van der Waals surface area contributed by atoms with Crippen LogP contribution in [0.4, 0.5) is 0 Å². The van der Waals surface area contributed by atoms with Gasteiger partial charge in [-0.15, -0.1) is 0 Å². The molecule has 0 saturated carbocycles. The van der Waals surface area contributed by atoms with E-state index in [-0.39, 0.29) is 34.5 Å². The van der Waals surface area contributed by atoms with Gasteiger partial charge in [0.2, 0.25) is 5.02 Å². The maximum atomic E-state index is 13.2. The smallest absolute Gasteiger partial charge is 0.324 e. The van der Waals surface area contributed by atoms with E-state index in [1.54, 1.807) is 13.8 Å². The third kappa shape index (κ3) is 3.42. The summed E-state index contributed by atoms with van der Waals surface area (Å²) in [5, 5.41) is -0.842. The van der Waals surface area contributed by atoms with Gasteiger partial charge < -0.3 is 9.47 Å². The second kappa shape index (κ2) is 8.77. The van der Waals surface area contributed by atoms with Gasteiger partial charge in [-0.2, -0.15) is 4.31 Å². The number of ether oxygens (including phenoxy) is 2. The first-order valence-electron chi connectivity index (χ1n) is 8.85. The predicted octanol–water partition coefficient (Wildman–Crippen LogP) is 3.75. The maximum Gasteiger partial charge on any atom is 0.324 e. The summed E-state index contributed by atoms with van der Waals surface area (Å²) in [6.45, 7) is 3.41. The van der Waals surface area contributed by atoms with E-state index in [0.29, 0.717) is 0 Å². The molecule has 29 heavy (non-hydrogen) atoms. The molecule has 0 bridgehead atoms. The van der Waals surface area contributed by atoms with E-state index in [1.165, 1.54) is 0 Å². The molecule has 6 nitrogen and oxygen atoms in total. The topological polar surface area (TPSA) is 72.9 Å². The lowest BCUT2D eigenvalue weighted by atomic mass is 10.0. The number of carbonyl (C=O) groups excluding carboxylic acids is 1. The Kier molecular flexibility index (Phi) is 6.93. The van der Waals surface area contributed by atoms with Crippen LogP contribution in [0.5, 0.6) is 0 Å². The predicted molar refractivity (Wildman–Crippen MR) is 121 cm³/mol. The van der Waals surface area contributed by atoms with E-state index >= 15 is 0 Å². The molecule has 1 heterocycles. The Morgan fingerprint density at radius 3 is 2.17 bits per heavy atom. The van der Waals surface area contributed by atoms with Gasteiger partial charge >= 0.3 is 5.12 Å². The quantitative estimate of drug-likeness (QED) is 0.415. The van der Waals surface area contributed by atoms with Crippen LogP contribution in [0, 0.1) is 0 Å². The molecule has 0 radical (unpaired) electrons. The van der Waals surface area contributed by atoms with Crippen LogP contribution in [0.15, 0.2) is 42.5 Å². The van der Waals surface area contributed by atoms with Gasteiger partial charge in [0, 0.05) is 34.5 Å². The van der Waals surface area contributed by atoms with Crippen LogP contribution in [0.3, 0.4) is 0 Å². The Hall–Kier alpha value is -0.760. The third-order valence-electron chi connectivity index (χ3n) is 4.73. The van der Waals surface area contributed by atoms with Crippen LogP contribution in [0.1, 0.15) is 19.4 Å². The summed E-state index contributed by atoms with van der Waals surface area (Å²) >= 11 is 10.7. The second-order valence-corrected chi connectivity index (χ2v) is 11.1. The molecular weight excluding hydrogens is 468 g/mol. The van der Waals surface area contributed by atoms with Crippen molar-refractivity contribution in [3.05, 3.63) is 48.0 Å². The highest BCUT2D eigenvalue weighted by Crippen LogP contribution is 2.57. The molecule has 1 saturated heterocycles. The lowest BCUT2D eigenvalue weighted by Gasteiger charge is -2.38. The van der Waals surface area contributed by atoms with Crippen molar-refractivity contribution < 1.29 is 22.7 Å². The zero-order chi connectivity index (χ0) is 21.3. The van der Waals surface area contributed by atoms with Crippen LogP contribution in [-0.4, -0.2) is 41.9 Å². The molecule has 1 aliphatic rings. The van der Waals surface area contributed by atoms with E-state index in [4.69, 9.17) is 33.1 Å². The van der Waals surface area contributed by atoms with Crippen LogP contribution in [-0.2, 0) is 54.5 Å². The lowest BCUT2D eigenvalue weighted by Crippen LogP contribution is -2.56. The number of carbonyl (C=O) groups is 1. The Bertz CT molecular complexity index is 1060. The van der Waals surface area contributed by atoms with Crippen molar-refractivity contribution in [3.8, 4) is 0 Å². The number of fused-ring (bicyclic) bond motifs is 1. The Morgan fingerprint density at radius 1 is 1.00 bits per heavy atom. The van der Waals surface area contributed by atoms with E-state index in [2.05, 4.69) is 0 Å². The number of benzene rings is 2. The number of nitrogens with zero attached hydrogens (tertiary/aromatic N) is 1. The molecule has 2 aromatic carbocycles. The monoisotopic (exact) mass is 487 g/mol. The molecule has 0 aromatic heterocycles. The molecule has 1 aliphatic heterocycles. The summed E-state index contributed by atoms with van der Waals surface area (Å²) in [6, 6.07) is 13.3. The van der Waals surface area contributed by atoms with Crippen molar-refractivity contribution in [3.63, 3.8) is 0 Å². The summed E-state index contributed by atoms with van der Waals surface area (Å²) in [7, 11) is -4.11. The lowest BCUT2D eigenvalue weighted by molar-refractivity contribution is -0.228. The van der Waals surface area contributed by atoms with Gasteiger partial charge in [0.05, 0.1) is 0 Å². The third-order valence-corrected chi connectivity index (χ3v) is 11.3. The number of hydrogen-bond acceptors (Lipinski definition) is 7. The van der Waals surface area contributed by atoms with Crippen LogP contribution >= 0.6 is 14.7 Å². The van der Waals surface area contributed by atoms with Crippen molar-refractivity contribution in [1.82, 2.24) is 4.31 Å². The zero-order valence-corrected chi connectivity index (χ0v) is 20.0. The van der Waals surface area contributed by atoms with E-state index in [0.717, 1.165) is 20.6 Å². The highest BCUT2D eigenvalue weighted by atomic mass is 32.4. The minimum absolute atomic E-state index is 0.0649. The summed E-state index contributed by atoms with van der Waals surface area (Å²) in [4.78, 5) is 13.1. The fourth-order valence-corrected chi connectivity index (χ4v) is 10.1. The van der Waals surface area contributed by atoms with E-state index in [1.807, 2.05) is 42.5 Å². The van der Waals surface area contributed by atoms with Gasteiger partial charge in [-0.25, -0.2) is 8.42 Å². The molecule has 154 valence electrons. The standard InChI is InChI=1S/C18H19NO5P2S3/c1-3-23-17(24-4-2)16(20)29(21,22)19(18(17,25-27)26-28)12-14-10-7-9-13-8-5-6-11-15(13)14/h5-11H,3-4,12H2,1-2H3. The maximum absolute atomic E-state index is 13.2. The van der Waals surface area contributed by atoms with Gasteiger partial charge in [0.15, 0.2) is 0 Å². The fourth-order valence-electron chi connectivity index (χ4n) is 3.51. The number of sulfonamides is 1. The zero-order valence-electron chi connectivity index (χ0n) is 15.8. The fraction of sp³-hybridized carbons (Fsp3) is 0.389. The van der Waals surface area contributed by atoms with Gasteiger partial charge in [0.1, 0.15) is 0 Å². The van der Waals surface area contributed by atoms with Gasteiger partial charge in [-0.05, 0) is 30.2 Å². The van der Waals surface area contributed by atoms with Crippen molar-refractivity contribution in [2.75, 3.05) is 13.2 Å². The Labute approximate surface area is 183 Å². The second-order valence-electron chi connectivity index (χ2n) is 6.24. The van der Waals surface area contributed by atoms with Crippen LogP contribution in [0.2, 0.25) is 0 Å². The minimum atomic E-state index is -4.42. The number of hydrogen-bond donors (Lipinski definition) is 0. The molecule has 3 rings (SSSR count). The molecule has 1 fully saturated rings. The normalized spacial score (nSPS) is 23.9. The average Bonchev–Trinajstić information content (AvgIpc) is 2.85. The molecule has 0 atom stereocenters. The average molecular weight is 488 g/mol. The Balaban J connectivity index is 2.24. The molecule has 11 heteroatoms. The first-order chi connectivity index (χ1) is 13.8. The van der Waals surface area contributed by atoms with Crippen molar-refractivity contribution in [2.24, 2.45) is 0 Å². The van der Waals surface area contributed by atoms with Crippen molar-refractivity contribution in [1.29, 1.82) is 0 Å². The summed E-state index contributed by atoms with van der Waals surface area (Å²) in [6.07, 6.45) is 0. The first-order valence-corrected chi connectivity index (χ1v) is 14.1.